The van der Waals surface area contributed by atoms with Crippen molar-refractivity contribution in [3.63, 3.8) is 0 Å². The number of nitrogens with zero attached hydrogens (tertiary/aromatic N) is 1. The minimum absolute atomic E-state index is 0.737. The van der Waals surface area contributed by atoms with E-state index < -0.39 is 0 Å². The van der Waals surface area contributed by atoms with E-state index in [0.717, 1.165) is 36.4 Å². The van der Waals surface area contributed by atoms with Crippen LogP contribution in [0.3, 0.4) is 0 Å². The van der Waals surface area contributed by atoms with Crippen LogP contribution in [0, 0.1) is 5.92 Å². The number of anilines is 2. The minimum Gasteiger partial charge on any atom is -0.493 e. The molecule has 0 radical (unpaired) electrons. The highest BCUT2D eigenvalue weighted by Crippen LogP contribution is 2.39. The summed E-state index contributed by atoms with van der Waals surface area (Å²) in [5.74, 6) is 1.82. The van der Waals surface area contributed by atoms with Gasteiger partial charge in [0.15, 0.2) is 0 Å². The fraction of sp³-hybridized carbons (Fsp3) is 0.625. The van der Waals surface area contributed by atoms with E-state index in [-0.39, 0.29) is 0 Å². The minimum atomic E-state index is 0.737. The normalized spacial score (nSPS) is 18.4. The number of hydrogen-bond donors (Lipinski definition) is 1. The molecule has 0 heterocycles. The van der Waals surface area contributed by atoms with Crippen molar-refractivity contribution in [2.75, 3.05) is 23.8 Å². The van der Waals surface area contributed by atoms with Gasteiger partial charge in [-0.2, -0.15) is 0 Å². The van der Waals surface area contributed by atoms with Gasteiger partial charge in [-0.05, 0) is 44.1 Å². The molecule has 1 aromatic carbocycles. The zero-order valence-corrected chi connectivity index (χ0v) is 11.8. The second-order valence-electron chi connectivity index (χ2n) is 5.94. The first kappa shape index (κ1) is 12.6. The van der Waals surface area contributed by atoms with Crippen LogP contribution in [0.1, 0.15) is 39.0 Å². The van der Waals surface area contributed by atoms with E-state index >= 15 is 0 Å². The Morgan fingerprint density at radius 1 is 1.21 bits per heavy atom. The monoisotopic (exact) mass is 260 g/mol. The zero-order valence-electron chi connectivity index (χ0n) is 11.8. The topological polar surface area (TPSA) is 38.5 Å². The number of ether oxygens (including phenoxy) is 1. The number of nitrogens with two attached hydrogens (primary N) is 1. The van der Waals surface area contributed by atoms with Crippen molar-refractivity contribution in [2.24, 2.45) is 5.92 Å². The van der Waals surface area contributed by atoms with E-state index in [2.05, 4.69) is 24.0 Å². The maximum Gasteiger partial charge on any atom is 0.123 e. The molecule has 19 heavy (non-hydrogen) atoms. The lowest BCUT2D eigenvalue weighted by Crippen LogP contribution is -2.28. The molecule has 3 heteroatoms. The molecule has 2 N–H and O–H groups in total. The first-order valence-electron chi connectivity index (χ1n) is 7.56. The van der Waals surface area contributed by atoms with E-state index in [1.807, 2.05) is 6.07 Å². The molecule has 3 nitrogen and oxygen atoms in total. The second kappa shape index (κ2) is 5.32. The van der Waals surface area contributed by atoms with Gasteiger partial charge in [0.1, 0.15) is 5.75 Å². The van der Waals surface area contributed by atoms with E-state index in [0.29, 0.717) is 0 Å². The molecular weight excluding hydrogens is 236 g/mol. The van der Waals surface area contributed by atoms with Crippen molar-refractivity contribution < 1.29 is 4.74 Å². The first-order valence-corrected chi connectivity index (χ1v) is 7.56. The third-order valence-corrected chi connectivity index (χ3v) is 3.86. The van der Waals surface area contributed by atoms with Crippen LogP contribution >= 0.6 is 0 Å². The predicted molar refractivity (Wildman–Crippen MR) is 79.7 cm³/mol. The van der Waals surface area contributed by atoms with Gasteiger partial charge in [-0.3, -0.25) is 0 Å². The van der Waals surface area contributed by atoms with Crippen LogP contribution in [-0.4, -0.2) is 19.2 Å². The quantitative estimate of drug-likeness (QED) is 0.763. The van der Waals surface area contributed by atoms with E-state index in [1.54, 1.807) is 0 Å². The Hall–Kier alpha value is -1.38. The Kier molecular flexibility index (Phi) is 3.54. The summed E-state index contributed by atoms with van der Waals surface area (Å²) in [6.07, 6.45) is 6.47. The van der Waals surface area contributed by atoms with E-state index in [9.17, 15) is 0 Å². The third kappa shape index (κ3) is 3.34. The smallest absolute Gasteiger partial charge is 0.123 e. The largest absolute Gasteiger partial charge is 0.493 e. The van der Waals surface area contributed by atoms with Crippen molar-refractivity contribution in [3.05, 3.63) is 18.2 Å². The molecule has 0 atom stereocenters. The second-order valence-corrected chi connectivity index (χ2v) is 5.94. The van der Waals surface area contributed by atoms with Gasteiger partial charge in [-0.25, -0.2) is 0 Å². The summed E-state index contributed by atoms with van der Waals surface area (Å²) in [6, 6.07) is 6.93. The van der Waals surface area contributed by atoms with Gasteiger partial charge in [-0.15, -0.1) is 0 Å². The van der Waals surface area contributed by atoms with Crippen LogP contribution in [0.2, 0.25) is 0 Å². The van der Waals surface area contributed by atoms with Gasteiger partial charge in [0.2, 0.25) is 0 Å². The third-order valence-electron chi connectivity index (χ3n) is 3.86. The Bertz CT molecular complexity index is 438. The summed E-state index contributed by atoms with van der Waals surface area (Å²) in [4.78, 5) is 2.55. The zero-order chi connectivity index (χ0) is 13.2. The lowest BCUT2D eigenvalue weighted by molar-refractivity contribution is 0.317. The van der Waals surface area contributed by atoms with E-state index in [1.165, 1.54) is 37.9 Å². The van der Waals surface area contributed by atoms with Crippen molar-refractivity contribution >= 4 is 11.4 Å². The predicted octanol–water partition coefficient (Wildman–Crippen LogP) is 3.44. The highest BCUT2D eigenvalue weighted by molar-refractivity contribution is 5.61. The Labute approximate surface area is 115 Å². The number of rotatable bonds is 7. The molecule has 104 valence electrons. The fourth-order valence-corrected chi connectivity index (χ4v) is 2.50. The average molecular weight is 260 g/mol. The molecule has 2 aliphatic rings. The molecule has 3 rings (SSSR count). The van der Waals surface area contributed by atoms with Gasteiger partial charge in [-0.1, -0.05) is 6.92 Å². The maximum absolute atomic E-state index is 6.03. The van der Waals surface area contributed by atoms with Crippen molar-refractivity contribution in [1.29, 1.82) is 0 Å². The van der Waals surface area contributed by atoms with Crippen LogP contribution in [0.5, 0.6) is 5.75 Å². The van der Waals surface area contributed by atoms with Crippen molar-refractivity contribution in [3.8, 4) is 5.75 Å². The van der Waals surface area contributed by atoms with Crippen LogP contribution in [-0.2, 0) is 0 Å². The standard InChI is InChI=1S/C16H24N2O/c1-2-7-19-16-9-13(17)8-15(10-16)18(14-5-6-14)11-12-3-4-12/h8-10,12,14H,2-7,11,17H2,1H3. The molecule has 0 spiro atoms. The molecule has 2 aliphatic carbocycles. The number of hydrogen-bond acceptors (Lipinski definition) is 3. The molecule has 0 aliphatic heterocycles. The molecule has 2 fully saturated rings. The molecule has 0 bridgehead atoms. The summed E-state index contributed by atoms with van der Waals surface area (Å²) in [5.41, 5.74) is 8.09. The Morgan fingerprint density at radius 2 is 2.00 bits per heavy atom. The maximum atomic E-state index is 6.03. The lowest BCUT2D eigenvalue weighted by atomic mass is 10.2. The van der Waals surface area contributed by atoms with Crippen molar-refractivity contribution in [2.45, 2.75) is 45.1 Å². The van der Waals surface area contributed by atoms with Crippen LogP contribution in [0.25, 0.3) is 0 Å². The van der Waals surface area contributed by atoms with Gasteiger partial charge in [0.05, 0.1) is 6.61 Å². The SMILES string of the molecule is CCCOc1cc(N)cc(N(CC2CC2)C2CC2)c1. The van der Waals surface area contributed by atoms with Gasteiger partial charge in [0.25, 0.3) is 0 Å². The molecule has 0 saturated heterocycles. The molecule has 0 amide bonds. The Balaban J connectivity index is 1.77. The number of nitrogen functional groups attached to an aromatic ring is 1. The summed E-state index contributed by atoms with van der Waals surface area (Å²) >= 11 is 0. The first-order chi connectivity index (χ1) is 9.26. The lowest BCUT2D eigenvalue weighted by Gasteiger charge is -2.25. The van der Waals surface area contributed by atoms with Gasteiger partial charge >= 0.3 is 0 Å². The van der Waals surface area contributed by atoms with Crippen molar-refractivity contribution in [1.82, 2.24) is 0 Å². The molecule has 2 saturated carbocycles. The molecule has 0 aromatic heterocycles. The average Bonchev–Trinajstić information content (AvgIpc) is 3.26. The Morgan fingerprint density at radius 3 is 2.63 bits per heavy atom. The van der Waals surface area contributed by atoms with Crippen LogP contribution in [0.4, 0.5) is 11.4 Å². The highest BCUT2D eigenvalue weighted by Gasteiger charge is 2.34. The molecule has 0 unspecified atom stereocenters. The molecular formula is C16H24N2O. The summed E-state index contributed by atoms with van der Waals surface area (Å²) in [6.45, 7) is 4.08. The van der Waals surface area contributed by atoms with Crippen LogP contribution in [0.15, 0.2) is 18.2 Å². The van der Waals surface area contributed by atoms with Crippen LogP contribution < -0.4 is 15.4 Å². The van der Waals surface area contributed by atoms with Gasteiger partial charge in [0, 0.05) is 36.1 Å². The summed E-state index contributed by atoms with van der Waals surface area (Å²) in [5, 5.41) is 0. The number of benzene rings is 1. The highest BCUT2D eigenvalue weighted by atomic mass is 16.5. The van der Waals surface area contributed by atoms with Gasteiger partial charge < -0.3 is 15.4 Å². The summed E-state index contributed by atoms with van der Waals surface area (Å²) in [7, 11) is 0. The molecule has 1 aromatic rings. The summed E-state index contributed by atoms with van der Waals surface area (Å²) < 4.78 is 5.74. The fourth-order valence-electron chi connectivity index (χ4n) is 2.50. The van der Waals surface area contributed by atoms with E-state index in [4.69, 9.17) is 10.5 Å².